The second-order valence-corrected chi connectivity index (χ2v) is 19.8. The van der Waals surface area contributed by atoms with Crippen molar-refractivity contribution in [2.45, 2.75) is 147 Å². The minimum Gasteiger partial charge on any atom is -0.462 e. The van der Waals surface area contributed by atoms with E-state index in [2.05, 4.69) is 64.8 Å². The van der Waals surface area contributed by atoms with E-state index in [9.17, 15) is 48.6 Å². The van der Waals surface area contributed by atoms with E-state index in [0.717, 1.165) is 55.7 Å². The molecule has 1 saturated heterocycles. The van der Waals surface area contributed by atoms with Gasteiger partial charge in [0.25, 0.3) is 0 Å². The smallest absolute Gasteiger partial charge is 0.462 e. The molecule has 0 aliphatic carbocycles. The van der Waals surface area contributed by atoms with Crippen LogP contribution in [0.15, 0.2) is 151 Å². The van der Waals surface area contributed by atoms with Gasteiger partial charge in [0, 0.05) is 19.0 Å². The molecule has 2 heterocycles. The lowest BCUT2D eigenvalue weighted by Crippen LogP contribution is -2.36. The molecule has 0 aromatic carbocycles. The Hall–Kier alpha value is -5.14. The maximum atomic E-state index is 12.9. The molecule has 0 radical (unpaired) electrons. The van der Waals surface area contributed by atoms with Crippen LogP contribution >= 0.6 is 15.6 Å². The first-order valence-electron chi connectivity index (χ1n) is 25.3. The first-order chi connectivity index (χ1) is 36.1. The number of esters is 2. The first-order valence-corrected chi connectivity index (χ1v) is 28.3. The fourth-order valence-electron chi connectivity index (χ4n) is 6.45. The second-order valence-electron chi connectivity index (χ2n) is 16.7. The molecule has 1 aliphatic heterocycles. The number of allylic oxidation sites excluding steroid dienone is 20. The van der Waals surface area contributed by atoms with Crippen molar-refractivity contribution in [3.63, 3.8) is 0 Å². The number of nitrogens with two attached hydrogens (primary N) is 1. The molecule has 21 heteroatoms. The predicted octanol–water partition coefficient (Wildman–Crippen LogP) is 9.52. The quantitative estimate of drug-likeness (QED) is 0.0118. The number of hydrogen-bond donors (Lipinski definition) is 6. The normalized spacial score (nSPS) is 20.3. The van der Waals surface area contributed by atoms with Crippen LogP contribution in [-0.2, 0) is 46.3 Å². The molecule has 3 unspecified atom stereocenters. The van der Waals surface area contributed by atoms with Crippen LogP contribution in [0, 0.1) is 0 Å². The molecule has 1 aliphatic rings. The molecule has 7 N–H and O–H groups in total. The van der Waals surface area contributed by atoms with Crippen molar-refractivity contribution in [2.24, 2.45) is 0 Å². The van der Waals surface area contributed by atoms with Gasteiger partial charge < -0.3 is 45.1 Å². The van der Waals surface area contributed by atoms with Crippen LogP contribution in [0.5, 0.6) is 0 Å². The number of aliphatic hydroxyl groups excluding tert-OH is 3. The third-order valence-electron chi connectivity index (χ3n) is 10.3. The summed E-state index contributed by atoms with van der Waals surface area (Å²) in [5.74, 6) is -1.52. The number of nitrogen functional groups attached to an aromatic ring is 1. The summed E-state index contributed by atoms with van der Waals surface area (Å²) in [7, 11) is -10.9. The minimum absolute atomic E-state index is 0.0279. The summed E-state index contributed by atoms with van der Waals surface area (Å²) in [5.41, 5.74) is 4.57. The van der Waals surface area contributed by atoms with Crippen LogP contribution in [0.2, 0.25) is 0 Å². The van der Waals surface area contributed by atoms with Gasteiger partial charge in [-0.15, -0.1) is 0 Å². The molecule has 2 rings (SSSR count). The Balaban J connectivity index is 1.87. The lowest BCUT2D eigenvalue weighted by Gasteiger charge is -2.21. The number of aromatic nitrogens is 2. The van der Waals surface area contributed by atoms with Gasteiger partial charge in [0.05, 0.1) is 19.3 Å². The van der Waals surface area contributed by atoms with Gasteiger partial charge in [0.1, 0.15) is 30.7 Å². The van der Waals surface area contributed by atoms with E-state index < -0.39 is 89.8 Å². The van der Waals surface area contributed by atoms with Gasteiger partial charge in [-0.1, -0.05) is 148 Å². The van der Waals surface area contributed by atoms with E-state index in [1.54, 1.807) is 6.08 Å². The lowest BCUT2D eigenvalue weighted by atomic mass is 10.1. The predicted molar refractivity (Wildman–Crippen MR) is 289 cm³/mol. The number of rotatable bonds is 39. The molecule has 0 amide bonds. The molecule has 19 nitrogen and oxygen atoms in total. The molecule has 0 spiro atoms. The molecule has 1 fully saturated rings. The summed E-state index contributed by atoms with van der Waals surface area (Å²) < 4.78 is 56.6. The zero-order valence-corrected chi connectivity index (χ0v) is 44.9. The standard InChI is InChI=1S/C54H79N3O16P2/c1-3-5-7-8-9-10-11-12-13-14-15-16-17-18-22-25-28-31-34-38-49(59)68-42-46(71-50(60)39-35-32-29-26-23-20-19-21-24-27-30-33-37-45(58)36-6-4-2)43-69-74(64,65)73-75(66,67)70-44-47-51(61)52(62)53(72-47)57-41-40-48(55)56-54(57)63/h5-7,9-10,12-13,15-16,18-20,22,24,26-31,33,36,40-41,45-47,51-53,58,61-62H,3-4,8,11,14,17,21,23,25,32,34-35,37-39,42-44H2,1-2H3,(H,64,65)(H,66,67)(H2,55,56,63)/b7-5-,10-9-,13-12-,16-15-,20-19-,22-18-,27-24-,29-26-,31-28-,33-30+,36-6-/t45?,46-,47-,51-,52-,53-/m1/s1. The van der Waals surface area contributed by atoms with Gasteiger partial charge in [-0.05, 0) is 89.5 Å². The van der Waals surface area contributed by atoms with Crippen LogP contribution in [0.4, 0.5) is 5.82 Å². The van der Waals surface area contributed by atoms with Gasteiger partial charge in [0.2, 0.25) is 0 Å². The zero-order valence-electron chi connectivity index (χ0n) is 43.1. The highest BCUT2D eigenvalue weighted by Gasteiger charge is 2.46. The molecule has 0 saturated carbocycles. The van der Waals surface area contributed by atoms with Crippen molar-refractivity contribution in [2.75, 3.05) is 25.6 Å². The van der Waals surface area contributed by atoms with E-state index in [1.165, 1.54) is 6.07 Å². The highest BCUT2D eigenvalue weighted by atomic mass is 31.3. The van der Waals surface area contributed by atoms with Gasteiger partial charge in [0.15, 0.2) is 12.3 Å². The largest absolute Gasteiger partial charge is 0.481 e. The average molecular weight is 1090 g/mol. The third kappa shape index (κ3) is 32.8. The van der Waals surface area contributed by atoms with Crippen molar-refractivity contribution in [3.05, 3.63) is 156 Å². The lowest BCUT2D eigenvalue weighted by molar-refractivity contribution is -0.161. The highest BCUT2D eigenvalue weighted by Crippen LogP contribution is 2.60. The van der Waals surface area contributed by atoms with Crippen molar-refractivity contribution in [1.82, 2.24) is 9.55 Å². The Labute approximate surface area is 441 Å². The number of nitrogens with zero attached hydrogens (tertiary/aromatic N) is 2. The number of anilines is 1. The molecule has 8 atom stereocenters. The number of aliphatic hydroxyl groups is 3. The van der Waals surface area contributed by atoms with E-state index in [-0.39, 0.29) is 18.7 Å². The van der Waals surface area contributed by atoms with Gasteiger partial charge >= 0.3 is 33.3 Å². The molecule has 1 aromatic heterocycles. The molecular weight excluding hydrogens is 1010 g/mol. The minimum atomic E-state index is -5.47. The Bertz CT molecular complexity index is 2300. The number of unbranched alkanes of at least 4 members (excludes halogenated alkanes) is 1. The van der Waals surface area contributed by atoms with E-state index >= 15 is 0 Å². The summed E-state index contributed by atoms with van der Waals surface area (Å²) in [4.78, 5) is 61.9. The van der Waals surface area contributed by atoms with Gasteiger partial charge in [-0.2, -0.15) is 9.29 Å². The summed E-state index contributed by atoms with van der Waals surface area (Å²) in [5, 5.41) is 30.7. The average Bonchev–Trinajstić information content (AvgIpc) is 3.65. The molecule has 75 heavy (non-hydrogen) atoms. The summed E-state index contributed by atoms with van der Waals surface area (Å²) in [6.45, 7) is 1.65. The first kappa shape index (κ1) is 66.0. The topological polar surface area (TPSA) is 286 Å². The molecule has 1 aromatic rings. The third-order valence-corrected chi connectivity index (χ3v) is 12.9. The van der Waals surface area contributed by atoms with Gasteiger partial charge in [-0.3, -0.25) is 23.2 Å². The maximum Gasteiger partial charge on any atom is 0.481 e. The number of carbonyl (C=O) groups excluding carboxylic acids is 2. The number of phosphoric ester groups is 2. The Kier molecular flexibility index (Phi) is 35.3. The number of ether oxygens (including phenoxy) is 3. The zero-order chi connectivity index (χ0) is 55.0. The Morgan fingerprint density at radius 3 is 1.83 bits per heavy atom. The van der Waals surface area contributed by atoms with E-state index in [4.69, 9.17) is 29.0 Å². The van der Waals surface area contributed by atoms with E-state index in [0.29, 0.717) is 38.5 Å². The Morgan fingerprint density at radius 2 is 1.24 bits per heavy atom. The maximum absolute atomic E-state index is 12.9. The Morgan fingerprint density at radius 1 is 0.707 bits per heavy atom. The summed E-state index contributed by atoms with van der Waals surface area (Å²) in [6.07, 6.45) is 46.1. The number of phosphoric acid groups is 2. The van der Waals surface area contributed by atoms with E-state index in [1.807, 2.05) is 85.9 Å². The van der Waals surface area contributed by atoms with Crippen LogP contribution in [0.1, 0.15) is 116 Å². The molecular formula is C54H79N3O16P2. The van der Waals surface area contributed by atoms with Crippen LogP contribution in [0.3, 0.4) is 0 Å². The summed E-state index contributed by atoms with van der Waals surface area (Å²) >= 11 is 0. The second kappa shape index (κ2) is 40.2. The van der Waals surface area contributed by atoms with Crippen molar-refractivity contribution in [3.8, 4) is 0 Å². The van der Waals surface area contributed by atoms with Crippen molar-refractivity contribution >= 4 is 33.4 Å². The fourth-order valence-corrected chi connectivity index (χ4v) is 8.56. The van der Waals surface area contributed by atoms with Crippen LogP contribution in [0.25, 0.3) is 0 Å². The molecule has 0 bridgehead atoms. The monoisotopic (exact) mass is 1090 g/mol. The highest BCUT2D eigenvalue weighted by molar-refractivity contribution is 7.61. The molecule has 416 valence electrons. The van der Waals surface area contributed by atoms with Crippen molar-refractivity contribution < 1.29 is 71.4 Å². The SMILES string of the molecule is CC/C=C\C/C=C\C/C=C\C/C=C\C/C=C\C/C=C\CCC(=O)OC[C@H](COP(=O)(O)OP(=O)(O)OC[C@H]1O[C@@H](n2ccc(N)nc2=O)[C@H](O)[C@@H]1O)OC(=O)CCC/C=C\C/C=C\C/C=C\C=C\CC(O)/C=C\CC. The number of hydrogen-bond acceptors (Lipinski definition) is 16. The summed E-state index contributed by atoms with van der Waals surface area (Å²) in [6, 6.07) is 1.23. The fraction of sp³-hybridized carbons (Fsp3) is 0.481. The van der Waals surface area contributed by atoms with Crippen molar-refractivity contribution in [1.29, 1.82) is 0 Å². The van der Waals surface area contributed by atoms with Crippen LogP contribution in [-0.4, -0.2) is 96.9 Å². The number of carbonyl (C=O) groups is 2. The van der Waals surface area contributed by atoms with Crippen LogP contribution < -0.4 is 11.4 Å². The van der Waals surface area contributed by atoms with Gasteiger partial charge in [-0.25, -0.2) is 13.9 Å².